The first-order valence-corrected chi connectivity index (χ1v) is 9.32. The summed E-state index contributed by atoms with van der Waals surface area (Å²) in [5.74, 6) is -0.434. The summed E-state index contributed by atoms with van der Waals surface area (Å²) in [4.78, 5) is 25.8. The Kier molecular flexibility index (Phi) is 5.19. The van der Waals surface area contributed by atoms with Gasteiger partial charge in [0.25, 0.3) is 0 Å². The Labute approximate surface area is 167 Å². The highest BCUT2D eigenvalue weighted by Crippen LogP contribution is 2.46. The van der Waals surface area contributed by atoms with Gasteiger partial charge in [0.1, 0.15) is 12.0 Å². The number of carbonyl (C=O) groups is 2. The number of ether oxygens (including phenoxy) is 1. The summed E-state index contributed by atoms with van der Waals surface area (Å²) in [7, 11) is 0. The fraction of sp³-hybridized carbons (Fsp3) is 0.364. The molecule has 7 heteroatoms. The average molecular weight is 405 g/mol. The van der Waals surface area contributed by atoms with Crippen LogP contribution in [0.25, 0.3) is 11.1 Å². The van der Waals surface area contributed by atoms with E-state index in [1.54, 1.807) is 17.9 Å². The Morgan fingerprint density at radius 3 is 2.41 bits per heavy atom. The van der Waals surface area contributed by atoms with E-state index in [0.717, 1.165) is 18.1 Å². The normalized spacial score (nSPS) is 15.4. The maximum atomic E-state index is 12.9. The van der Waals surface area contributed by atoms with E-state index in [-0.39, 0.29) is 17.0 Å². The maximum absolute atomic E-state index is 12.9. The quantitative estimate of drug-likeness (QED) is 0.625. The molecule has 0 bridgehead atoms. The first-order valence-electron chi connectivity index (χ1n) is 9.32. The largest absolute Gasteiger partial charge is 0.573 e. The molecule has 0 fully saturated rings. The lowest BCUT2D eigenvalue weighted by Gasteiger charge is -2.20. The minimum Gasteiger partial charge on any atom is -0.405 e. The number of fused-ring (bicyclic) bond motifs is 1. The number of aldehydes is 1. The summed E-state index contributed by atoms with van der Waals surface area (Å²) < 4.78 is 42.9. The van der Waals surface area contributed by atoms with Crippen LogP contribution < -0.4 is 9.64 Å². The van der Waals surface area contributed by atoms with Crippen LogP contribution in [0.2, 0.25) is 0 Å². The summed E-state index contributed by atoms with van der Waals surface area (Å²) in [5.41, 5.74) is 2.36. The topological polar surface area (TPSA) is 46.6 Å². The summed E-state index contributed by atoms with van der Waals surface area (Å²) in [6.45, 7) is 7.92. The predicted octanol–water partition coefficient (Wildman–Crippen LogP) is 5.41. The van der Waals surface area contributed by atoms with Crippen molar-refractivity contribution >= 4 is 17.9 Å². The SMILES string of the molecule is CCCN1C(=O)C(C)(C)c2cc(C)c(-c3cc(C=O)ccc3OC(F)(F)F)cc21. The lowest BCUT2D eigenvalue weighted by atomic mass is 9.84. The van der Waals surface area contributed by atoms with Gasteiger partial charge in [-0.25, -0.2) is 0 Å². The number of aryl methyl sites for hydroxylation is 1. The molecule has 0 radical (unpaired) electrons. The molecule has 1 heterocycles. The fourth-order valence-corrected chi connectivity index (χ4v) is 3.76. The van der Waals surface area contributed by atoms with Gasteiger partial charge in [-0.1, -0.05) is 13.0 Å². The number of benzene rings is 2. The number of halogens is 3. The highest BCUT2D eigenvalue weighted by Gasteiger charge is 2.44. The highest BCUT2D eigenvalue weighted by atomic mass is 19.4. The second-order valence-corrected chi connectivity index (χ2v) is 7.69. The van der Waals surface area contributed by atoms with E-state index in [4.69, 9.17) is 0 Å². The van der Waals surface area contributed by atoms with E-state index in [9.17, 15) is 22.8 Å². The van der Waals surface area contributed by atoms with Crippen LogP contribution in [0, 0.1) is 6.92 Å². The molecular weight excluding hydrogens is 383 g/mol. The Morgan fingerprint density at radius 2 is 1.83 bits per heavy atom. The van der Waals surface area contributed by atoms with Crippen molar-refractivity contribution in [3.63, 3.8) is 0 Å². The summed E-state index contributed by atoms with van der Waals surface area (Å²) in [6, 6.07) is 7.34. The minimum absolute atomic E-state index is 0.0423. The van der Waals surface area contributed by atoms with Crippen LogP contribution in [0.3, 0.4) is 0 Å². The first kappa shape index (κ1) is 20.9. The molecule has 1 aliphatic heterocycles. The molecule has 0 saturated carbocycles. The van der Waals surface area contributed by atoms with E-state index in [0.29, 0.717) is 29.6 Å². The Hall–Kier alpha value is -2.83. The number of hydrogen-bond acceptors (Lipinski definition) is 3. The third-order valence-electron chi connectivity index (χ3n) is 5.19. The number of amides is 1. The zero-order valence-electron chi connectivity index (χ0n) is 16.7. The van der Waals surface area contributed by atoms with E-state index in [2.05, 4.69) is 4.74 Å². The first-order chi connectivity index (χ1) is 13.5. The van der Waals surface area contributed by atoms with Crippen molar-refractivity contribution in [3.8, 4) is 16.9 Å². The molecule has 3 rings (SSSR count). The van der Waals surface area contributed by atoms with Crippen LogP contribution >= 0.6 is 0 Å². The van der Waals surface area contributed by atoms with Crippen LogP contribution in [0.15, 0.2) is 30.3 Å². The second kappa shape index (κ2) is 7.21. The molecule has 1 aliphatic rings. The number of rotatable bonds is 5. The van der Waals surface area contributed by atoms with E-state index in [1.807, 2.05) is 26.8 Å². The second-order valence-electron chi connectivity index (χ2n) is 7.69. The molecule has 0 saturated heterocycles. The molecule has 0 unspecified atom stereocenters. The molecule has 0 spiro atoms. The molecule has 0 N–H and O–H groups in total. The molecule has 29 heavy (non-hydrogen) atoms. The lowest BCUT2D eigenvalue weighted by Crippen LogP contribution is -2.36. The van der Waals surface area contributed by atoms with Crippen LogP contribution in [0.5, 0.6) is 5.75 Å². The van der Waals surface area contributed by atoms with Crippen molar-refractivity contribution < 1.29 is 27.5 Å². The Balaban J connectivity index is 2.24. The van der Waals surface area contributed by atoms with Gasteiger partial charge >= 0.3 is 6.36 Å². The molecule has 154 valence electrons. The minimum atomic E-state index is -4.87. The van der Waals surface area contributed by atoms with E-state index >= 15 is 0 Å². The summed E-state index contributed by atoms with van der Waals surface area (Å²) in [5, 5.41) is 0. The fourth-order valence-electron chi connectivity index (χ4n) is 3.76. The van der Waals surface area contributed by atoms with Crippen LogP contribution in [0.1, 0.15) is 48.7 Å². The molecule has 2 aromatic rings. The van der Waals surface area contributed by atoms with Crippen molar-refractivity contribution in [2.24, 2.45) is 0 Å². The van der Waals surface area contributed by atoms with Gasteiger partial charge in [-0.05, 0) is 68.1 Å². The third kappa shape index (κ3) is 3.73. The third-order valence-corrected chi connectivity index (χ3v) is 5.19. The van der Waals surface area contributed by atoms with Gasteiger partial charge in [0, 0.05) is 23.4 Å². The Bertz CT molecular complexity index is 980. The maximum Gasteiger partial charge on any atom is 0.573 e. The molecule has 0 aromatic heterocycles. The average Bonchev–Trinajstić information content (AvgIpc) is 2.81. The van der Waals surface area contributed by atoms with Crippen LogP contribution in [-0.4, -0.2) is 25.1 Å². The molecule has 0 aliphatic carbocycles. The van der Waals surface area contributed by atoms with E-state index < -0.39 is 17.5 Å². The lowest BCUT2D eigenvalue weighted by molar-refractivity contribution is -0.274. The molecule has 0 atom stereocenters. The number of hydrogen-bond donors (Lipinski definition) is 0. The van der Waals surface area contributed by atoms with Gasteiger partial charge in [-0.3, -0.25) is 9.59 Å². The molecule has 2 aromatic carbocycles. The van der Waals surface area contributed by atoms with Gasteiger partial charge in [0.05, 0.1) is 5.41 Å². The zero-order chi connectivity index (χ0) is 21.6. The Morgan fingerprint density at radius 1 is 1.14 bits per heavy atom. The van der Waals surface area contributed by atoms with Crippen LogP contribution in [0.4, 0.5) is 18.9 Å². The van der Waals surface area contributed by atoms with Gasteiger partial charge in [0.2, 0.25) is 5.91 Å². The predicted molar refractivity (Wildman–Crippen MR) is 104 cm³/mol. The van der Waals surface area contributed by atoms with Crippen molar-refractivity contribution in [3.05, 3.63) is 47.0 Å². The standard InChI is InChI=1S/C22H22F3NO3/c1-5-8-26-18-11-15(13(2)9-17(18)21(3,4)20(26)28)16-10-14(12-27)6-7-19(16)29-22(23,24)25/h6-7,9-12H,5,8H2,1-4H3. The molecular formula is C22H22F3NO3. The number of anilines is 1. The van der Waals surface area contributed by atoms with Gasteiger partial charge < -0.3 is 9.64 Å². The number of carbonyl (C=O) groups excluding carboxylic acids is 2. The smallest absolute Gasteiger partial charge is 0.405 e. The van der Waals surface area contributed by atoms with Gasteiger partial charge in [0.15, 0.2) is 0 Å². The molecule has 4 nitrogen and oxygen atoms in total. The van der Waals surface area contributed by atoms with Gasteiger partial charge in [-0.2, -0.15) is 0 Å². The van der Waals surface area contributed by atoms with E-state index in [1.165, 1.54) is 12.1 Å². The van der Waals surface area contributed by atoms with Gasteiger partial charge in [-0.15, -0.1) is 13.2 Å². The monoisotopic (exact) mass is 405 g/mol. The van der Waals surface area contributed by atoms with Crippen LogP contribution in [-0.2, 0) is 10.2 Å². The highest BCUT2D eigenvalue weighted by molar-refractivity contribution is 6.08. The zero-order valence-corrected chi connectivity index (χ0v) is 16.7. The van der Waals surface area contributed by atoms with Crippen molar-refractivity contribution in [2.45, 2.75) is 45.9 Å². The number of alkyl halides is 3. The van der Waals surface area contributed by atoms with Crippen molar-refractivity contribution in [2.75, 3.05) is 11.4 Å². The van der Waals surface area contributed by atoms with Crippen molar-refractivity contribution in [1.29, 1.82) is 0 Å². The molecule has 1 amide bonds. The number of nitrogens with zero attached hydrogens (tertiary/aromatic N) is 1. The summed E-state index contributed by atoms with van der Waals surface area (Å²) in [6.07, 6.45) is -3.55. The van der Waals surface area contributed by atoms with Crippen molar-refractivity contribution in [1.82, 2.24) is 0 Å². The summed E-state index contributed by atoms with van der Waals surface area (Å²) >= 11 is 0.